The summed E-state index contributed by atoms with van der Waals surface area (Å²) < 4.78 is 41.3. The second kappa shape index (κ2) is 4.08. The lowest BCUT2D eigenvalue weighted by Crippen LogP contribution is -2.61. The first kappa shape index (κ1) is 12.4. The maximum absolute atomic E-state index is 12.3. The van der Waals surface area contributed by atoms with Crippen molar-refractivity contribution in [2.45, 2.75) is 25.2 Å². The lowest BCUT2D eigenvalue weighted by Gasteiger charge is -2.25. The van der Waals surface area contributed by atoms with Gasteiger partial charge in [-0.3, -0.25) is 4.79 Å². The zero-order valence-electron chi connectivity index (χ0n) is 8.21. The van der Waals surface area contributed by atoms with Crippen LogP contribution in [-0.2, 0) is 11.3 Å². The molecule has 0 aliphatic carbocycles. The van der Waals surface area contributed by atoms with Gasteiger partial charge in [0.2, 0.25) is 12.3 Å². The molecule has 1 atom stereocenters. The van der Waals surface area contributed by atoms with E-state index in [2.05, 4.69) is 14.7 Å². The second-order valence-electron chi connectivity index (χ2n) is 3.23. The zero-order chi connectivity index (χ0) is 12.4. The molecule has 0 radical (unpaired) electrons. The van der Waals surface area contributed by atoms with E-state index in [1.165, 1.54) is 0 Å². The van der Waals surface area contributed by atoms with Gasteiger partial charge in [0, 0.05) is 0 Å². The summed E-state index contributed by atoms with van der Waals surface area (Å²) in [6, 6.07) is 0. The number of nitrogens with one attached hydrogen (secondary N) is 1. The highest BCUT2D eigenvalue weighted by atomic mass is 19.4. The zero-order valence-corrected chi connectivity index (χ0v) is 8.21. The fourth-order valence-electron chi connectivity index (χ4n) is 0.742. The SMILES string of the molecule is CC(N)(C(=O)NCc1ncon1)C(F)(F)F. The van der Waals surface area contributed by atoms with E-state index in [0.717, 1.165) is 6.39 Å². The molecular formula is C7H9F3N4O2. The number of aromatic nitrogens is 2. The molecule has 16 heavy (non-hydrogen) atoms. The van der Waals surface area contributed by atoms with E-state index in [1.807, 2.05) is 5.32 Å². The first-order chi connectivity index (χ1) is 7.25. The van der Waals surface area contributed by atoms with Crippen LogP contribution in [0.3, 0.4) is 0 Å². The monoisotopic (exact) mass is 238 g/mol. The minimum absolute atomic E-state index is 0.0614. The van der Waals surface area contributed by atoms with E-state index < -0.39 is 17.6 Å². The number of hydrogen-bond donors (Lipinski definition) is 2. The van der Waals surface area contributed by atoms with Crippen LogP contribution in [0.1, 0.15) is 12.7 Å². The van der Waals surface area contributed by atoms with Gasteiger partial charge in [-0.05, 0) is 6.92 Å². The van der Waals surface area contributed by atoms with Gasteiger partial charge in [-0.1, -0.05) is 5.16 Å². The number of nitrogens with two attached hydrogens (primary N) is 1. The summed E-state index contributed by atoms with van der Waals surface area (Å²) in [6.45, 7) is 0.302. The van der Waals surface area contributed by atoms with Crippen LogP contribution in [0, 0.1) is 0 Å². The Kier molecular flexibility index (Phi) is 3.17. The van der Waals surface area contributed by atoms with Crippen molar-refractivity contribution in [1.29, 1.82) is 0 Å². The number of carbonyl (C=O) groups is 1. The first-order valence-corrected chi connectivity index (χ1v) is 4.14. The van der Waals surface area contributed by atoms with Gasteiger partial charge in [-0.25, -0.2) is 0 Å². The number of rotatable bonds is 3. The maximum atomic E-state index is 12.3. The van der Waals surface area contributed by atoms with Crippen LogP contribution >= 0.6 is 0 Å². The van der Waals surface area contributed by atoms with Gasteiger partial charge in [0.15, 0.2) is 11.4 Å². The minimum Gasteiger partial charge on any atom is -0.347 e. The number of carbonyl (C=O) groups excluding carboxylic acids is 1. The van der Waals surface area contributed by atoms with Crippen molar-refractivity contribution in [2.24, 2.45) is 5.73 Å². The molecule has 1 amide bonds. The van der Waals surface area contributed by atoms with Crippen LogP contribution in [0.2, 0.25) is 0 Å². The van der Waals surface area contributed by atoms with Crippen molar-refractivity contribution in [3.05, 3.63) is 12.2 Å². The highest BCUT2D eigenvalue weighted by molar-refractivity contribution is 5.86. The molecule has 0 aliphatic heterocycles. The van der Waals surface area contributed by atoms with Crippen LogP contribution in [-0.4, -0.2) is 27.8 Å². The summed E-state index contributed by atoms with van der Waals surface area (Å²) in [5, 5.41) is 5.27. The Morgan fingerprint density at radius 2 is 2.25 bits per heavy atom. The molecule has 9 heteroatoms. The highest BCUT2D eigenvalue weighted by Gasteiger charge is 2.53. The molecule has 0 saturated heterocycles. The van der Waals surface area contributed by atoms with E-state index in [0.29, 0.717) is 6.92 Å². The van der Waals surface area contributed by atoms with Crippen molar-refractivity contribution >= 4 is 5.91 Å². The average molecular weight is 238 g/mol. The second-order valence-corrected chi connectivity index (χ2v) is 3.23. The topological polar surface area (TPSA) is 94.0 Å². The predicted octanol–water partition coefficient (Wildman–Crippen LogP) is -0.0345. The molecule has 0 spiro atoms. The average Bonchev–Trinajstić information content (AvgIpc) is 2.64. The van der Waals surface area contributed by atoms with Crippen LogP contribution in [0.25, 0.3) is 0 Å². The third-order valence-corrected chi connectivity index (χ3v) is 1.87. The third-order valence-electron chi connectivity index (χ3n) is 1.87. The molecule has 1 aromatic heterocycles. The number of hydrogen-bond acceptors (Lipinski definition) is 5. The van der Waals surface area contributed by atoms with E-state index in [9.17, 15) is 18.0 Å². The van der Waals surface area contributed by atoms with E-state index in [-0.39, 0.29) is 12.4 Å². The summed E-state index contributed by atoms with van der Waals surface area (Å²) in [5.74, 6) is -1.30. The molecular weight excluding hydrogens is 229 g/mol. The molecule has 90 valence electrons. The van der Waals surface area contributed by atoms with Crippen molar-refractivity contribution in [2.75, 3.05) is 0 Å². The molecule has 6 nitrogen and oxygen atoms in total. The molecule has 3 N–H and O–H groups in total. The van der Waals surface area contributed by atoms with Crippen molar-refractivity contribution in [1.82, 2.24) is 15.5 Å². The lowest BCUT2D eigenvalue weighted by molar-refractivity contribution is -0.187. The van der Waals surface area contributed by atoms with Gasteiger partial charge in [0.1, 0.15) is 0 Å². The molecule has 0 fully saturated rings. The predicted molar refractivity (Wildman–Crippen MR) is 44.8 cm³/mol. The normalized spacial score (nSPS) is 15.6. The molecule has 1 aromatic rings. The molecule has 1 rings (SSSR count). The van der Waals surface area contributed by atoms with Gasteiger partial charge in [0.25, 0.3) is 0 Å². The van der Waals surface area contributed by atoms with Crippen LogP contribution in [0.5, 0.6) is 0 Å². The number of amides is 1. The Bertz CT molecular complexity index is 360. The Labute approximate surface area is 88.0 Å². The summed E-state index contributed by atoms with van der Waals surface area (Å²) in [4.78, 5) is 14.7. The first-order valence-electron chi connectivity index (χ1n) is 4.14. The summed E-state index contributed by atoms with van der Waals surface area (Å²) in [5.41, 5.74) is 1.93. The van der Waals surface area contributed by atoms with Crippen LogP contribution < -0.4 is 11.1 Å². The Morgan fingerprint density at radius 3 is 2.69 bits per heavy atom. The highest BCUT2D eigenvalue weighted by Crippen LogP contribution is 2.27. The van der Waals surface area contributed by atoms with Crippen LogP contribution in [0.15, 0.2) is 10.9 Å². The summed E-state index contributed by atoms with van der Waals surface area (Å²) in [7, 11) is 0. The maximum Gasteiger partial charge on any atom is 0.415 e. The molecule has 0 saturated carbocycles. The summed E-state index contributed by atoms with van der Waals surface area (Å²) >= 11 is 0. The standard InChI is InChI=1S/C7H9F3N4O2/c1-6(11,7(8,9)10)5(15)12-2-4-13-3-16-14-4/h3H,2,11H2,1H3,(H,12,15). The minimum atomic E-state index is -4.83. The molecule has 1 heterocycles. The molecule has 0 bridgehead atoms. The number of halogens is 3. The molecule has 1 unspecified atom stereocenters. The van der Waals surface area contributed by atoms with Crippen molar-refractivity contribution < 1.29 is 22.5 Å². The van der Waals surface area contributed by atoms with Gasteiger partial charge < -0.3 is 15.6 Å². The quantitative estimate of drug-likeness (QED) is 0.770. The number of nitrogens with zero attached hydrogens (tertiary/aromatic N) is 2. The third kappa shape index (κ3) is 2.48. The van der Waals surface area contributed by atoms with Gasteiger partial charge in [-0.15, -0.1) is 0 Å². The smallest absolute Gasteiger partial charge is 0.347 e. The Balaban J connectivity index is 2.59. The van der Waals surface area contributed by atoms with Crippen LogP contribution in [0.4, 0.5) is 13.2 Å². The van der Waals surface area contributed by atoms with E-state index in [4.69, 9.17) is 5.73 Å². The fourth-order valence-corrected chi connectivity index (χ4v) is 0.742. The van der Waals surface area contributed by atoms with E-state index >= 15 is 0 Å². The van der Waals surface area contributed by atoms with Gasteiger partial charge >= 0.3 is 6.18 Å². The van der Waals surface area contributed by atoms with E-state index in [1.54, 1.807) is 0 Å². The Hall–Kier alpha value is -1.64. The van der Waals surface area contributed by atoms with Crippen molar-refractivity contribution in [3.63, 3.8) is 0 Å². The summed E-state index contributed by atoms with van der Waals surface area (Å²) in [6.07, 6.45) is -3.83. The lowest BCUT2D eigenvalue weighted by atomic mass is 10.0. The molecule has 0 aromatic carbocycles. The van der Waals surface area contributed by atoms with Crippen molar-refractivity contribution in [3.8, 4) is 0 Å². The number of alkyl halides is 3. The largest absolute Gasteiger partial charge is 0.415 e. The van der Waals surface area contributed by atoms with Gasteiger partial charge in [0.05, 0.1) is 6.54 Å². The van der Waals surface area contributed by atoms with Gasteiger partial charge in [-0.2, -0.15) is 18.2 Å². The fraction of sp³-hybridized carbons (Fsp3) is 0.571. The Morgan fingerprint density at radius 1 is 1.62 bits per heavy atom. The molecule has 0 aliphatic rings.